The zero-order valence-electron chi connectivity index (χ0n) is 10.5. The van der Waals surface area contributed by atoms with Crippen molar-refractivity contribution in [3.63, 3.8) is 0 Å². The average molecular weight is 287 g/mol. The Balaban J connectivity index is 1.86. The Labute approximate surface area is 120 Å². The van der Waals surface area contributed by atoms with E-state index in [1.54, 1.807) is 42.5 Å². The average Bonchev–Trinajstić information content (AvgIpc) is 2.45. The fourth-order valence-electron chi connectivity index (χ4n) is 1.91. The van der Waals surface area contributed by atoms with Crippen molar-refractivity contribution in [3.8, 4) is 5.75 Å². The molecule has 20 heavy (non-hydrogen) atoms. The first-order valence-corrected chi connectivity index (χ1v) is 6.46. The molecule has 1 heterocycles. The maximum Gasteiger partial charge on any atom is 0.258 e. The molecule has 3 rings (SSSR count). The van der Waals surface area contributed by atoms with E-state index in [0.717, 1.165) is 0 Å². The highest BCUT2D eigenvalue weighted by Gasteiger charge is 2.04. The summed E-state index contributed by atoms with van der Waals surface area (Å²) in [5.74, 6) is 1.11. The van der Waals surface area contributed by atoms with E-state index in [9.17, 15) is 4.79 Å². The number of hydrogen-bond acceptors (Lipinski definition) is 3. The van der Waals surface area contributed by atoms with Crippen molar-refractivity contribution >= 4 is 22.5 Å². The van der Waals surface area contributed by atoms with Crippen molar-refractivity contribution in [1.82, 2.24) is 9.97 Å². The molecule has 100 valence electrons. The van der Waals surface area contributed by atoms with Crippen LogP contribution in [0.15, 0.2) is 53.3 Å². The van der Waals surface area contributed by atoms with E-state index in [0.29, 0.717) is 27.5 Å². The summed E-state index contributed by atoms with van der Waals surface area (Å²) in [6.07, 6.45) is 0. The van der Waals surface area contributed by atoms with Crippen molar-refractivity contribution in [2.24, 2.45) is 0 Å². The van der Waals surface area contributed by atoms with E-state index in [1.165, 1.54) is 0 Å². The Kier molecular flexibility index (Phi) is 3.39. The van der Waals surface area contributed by atoms with Gasteiger partial charge in [-0.05, 0) is 30.3 Å². The standard InChI is InChI=1S/C15H11ClN2O2/c16-10-4-3-5-11(8-10)20-9-14-17-13-7-2-1-6-12(13)15(19)18-14/h1-8H,9H2,(H,17,18,19). The lowest BCUT2D eigenvalue weighted by atomic mass is 10.2. The second-order valence-corrected chi connectivity index (χ2v) is 4.71. The molecule has 0 bridgehead atoms. The summed E-state index contributed by atoms with van der Waals surface area (Å²) in [7, 11) is 0. The maximum atomic E-state index is 11.9. The Bertz CT molecular complexity index is 814. The highest BCUT2D eigenvalue weighted by Crippen LogP contribution is 2.18. The minimum atomic E-state index is -0.166. The second-order valence-electron chi connectivity index (χ2n) is 4.28. The molecule has 0 amide bonds. The van der Waals surface area contributed by atoms with Crippen molar-refractivity contribution in [1.29, 1.82) is 0 Å². The van der Waals surface area contributed by atoms with Gasteiger partial charge >= 0.3 is 0 Å². The quantitative estimate of drug-likeness (QED) is 0.805. The molecule has 0 aliphatic heterocycles. The van der Waals surface area contributed by atoms with Crippen LogP contribution in [0.25, 0.3) is 10.9 Å². The summed E-state index contributed by atoms with van der Waals surface area (Å²) in [6, 6.07) is 14.3. The van der Waals surface area contributed by atoms with Gasteiger partial charge in [0.1, 0.15) is 18.2 Å². The summed E-state index contributed by atoms with van der Waals surface area (Å²) in [6.45, 7) is 0.181. The molecule has 1 aromatic heterocycles. The topological polar surface area (TPSA) is 55.0 Å². The molecule has 0 aliphatic carbocycles. The van der Waals surface area contributed by atoms with Gasteiger partial charge in [0, 0.05) is 5.02 Å². The first-order chi connectivity index (χ1) is 9.72. The molecule has 5 heteroatoms. The fraction of sp³-hybridized carbons (Fsp3) is 0.0667. The summed E-state index contributed by atoms with van der Waals surface area (Å²) >= 11 is 5.88. The Morgan fingerprint density at radius 3 is 2.85 bits per heavy atom. The van der Waals surface area contributed by atoms with E-state index in [2.05, 4.69) is 9.97 Å². The first-order valence-electron chi connectivity index (χ1n) is 6.09. The van der Waals surface area contributed by atoms with Gasteiger partial charge in [-0.25, -0.2) is 4.98 Å². The van der Waals surface area contributed by atoms with E-state index in [-0.39, 0.29) is 12.2 Å². The lowest BCUT2D eigenvalue weighted by Crippen LogP contribution is -2.13. The summed E-state index contributed by atoms with van der Waals surface area (Å²) < 4.78 is 5.56. The molecule has 0 saturated carbocycles. The smallest absolute Gasteiger partial charge is 0.258 e. The van der Waals surface area contributed by atoms with Crippen LogP contribution in [0, 0.1) is 0 Å². The molecule has 0 aliphatic rings. The molecular formula is C15H11ClN2O2. The van der Waals surface area contributed by atoms with Crippen LogP contribution < -0.4 is 10.3 Å². The van der Waals surface area contributed by atoms with Crippen LogP contribution in [-0.4, -0.2) is 9.97 Å². The summed E-state index contributed by atoms with van der Waals surface area (Å²) in [4.78, 5) is 19.0. The number of rotatable bonds is 3. The molecule has 4 nitrogen and oxygen atoms in total. The number of benzene rings is 2. The van der Waals surface area contributed by atoms with Crippen molar-refractivity contribution in [2.45, 2.75) is 6.61 Å². The van der Waals surface area contributed by atoms with Gasteiger partial charge in [0.05, 0.1) is 10.9 Å². The van der Waals surface area contributed by atoms with Crippen LogP contribution in [0.5, 0.6) is 5.75 Å². The van der Waals surface area contributed by atoms with Crippen LogP contribution >= 0.6 is 11.6 Å². The molecule has 0 saturated heterocycles. The molecule has 0 fully saturated rings. The second kappa shape index (κ2) is 5.35. The van der Waals surface area contributed by atoms with E-state index < -0.39 is 0 Å². The molecular weight excluding hydrogens is 276 g/mol. The van der Waals surface area contributed by atoms with Gasteiger partial charge in [0.2, 0.25) is 0 Å². The molecule has 2 aromatic carbocycles. The zero-order valence-corrected chi connectivity index (χ0v) is 11.2. The Morgan fingerprint density at radius 2 is 2.00 bits per heavy atom. The van der Waals surface area contributed by atoms with Crippen LogP contribution in [0.2, 0.25) is 5.02 Å². The van der Waals surface area contributed by atoms with Crippen molar-refractivity contribution < 1.29 is 4.74 Å². The van der Waals surface area contributed by atoms with Crippen LogP contribution in [0.3, 0.4) is 0 Å². The lowest BCUT2D eigenvalue weighted by molar-refractivity contribution is 0.296. The van der Waals surface area contributed by atoms with E-state index >= 15 is 0 Å². The maximum absolute atomic E-state index is 11.9. The monoisotopic (exact) mass is 286 g/mol. The molecule has 1 N–H and O–H groups in total. The predicted molar refractivity (Wildman–Crippen MR) is 78.1 cm³/mol. The van der Waals surface area contributed by atoms with Crippen LogP contribution in [-0.2, 0) is 6.61 Å². The van der Waals surface area contributed by atoms with Gasteiger partial charge in [0.15, 0.2) is 0 Å². The van der Waals surface area contributed by atoms with Gasteiger partial charge in [0.25, 0.3) is 5.56 Å². The number of halogens is 1. The van der Waals surface area contributed by atoms with Gasteiger partial charge in [-0.3, -0.25) is 4.79 Å². The third-order valence-electron chi connectivity index (χ3n) is 2.83. The van der Waals surface area contributed by atoms with E-state index in [4.69, 9.17) is 16.3 Å². The first kappa shape index (κ1) is 12.7. The number of ether oxygens (including phenoxy) is 1. The fourth-order valence-corrected chi connectivity index (χ4v) is 2.09. The van der Waals surface area contributed by atoms with Crippen LogP contribution in [0.1, 0.15) is 5.82 Å². The predicted octanol–water partition coefficient (Wildman–Crippen LogP) is 3.16. The molecule has 3 aromatic rings. The highest BCUT2D eigenvalue weighted by molar-refractivity contribution is 6.30. The zero-order chi connectivity index (χ0) is 13.9. The van der Waals surface area contributed by atoms with Gasteiger partial charge < -0.3 is 9.72 Å². The molecule has 0 spiro atoms. The number of para-hydroxylation sites is 1. The minimum absolute atomic E-state index is 0.166. The summed E-state index contributed by atoms with van der Waals surface area (Å²) in [5, 5.41) is 1.17. The number of hydrogen-bond donors (Lipinski definition) is 1. The Morgan fingerprint density at radius 1 is 1.15 bits per heavy atom. The number of fused-ring (bicyclic) bond motifs is 1. The number of nitrogens with one attached hydrogen (secondary N) is 1. The largest absolute Gasteiger partial charge is 0.486 e. The van der Waals surface area contributed by atoms with E-state index in [1.807, 2.05) is 6.07 Å². The van der Waals surface area contributed by atoms with Gasteiger partial charge in [-0.15, -0.1) is 0 Å². The number of nitrogens with zero attached hydrogens (tertiary/aromatic N) is 1. The number of H-pyrrole nitrogens is 1. The van der Waals surface area contributed by atoms with Crippen molar-refractivity contribution in [2.75, 3.05) is 0 Å². The number of aromatic amines is 1. The van der Waals surface area contributed by atoms with Crippen molar-refractivity contribution in [3.05, 3.63) is 69.7 Å². The molecule has 0 atom stereocenters. The molecule has 0 unspecified atom stereocenters. The lowest BCUT2D eigenvalue weighted by Gasteiger charge is -2.06. The van der Waals surface area contributed by atoms with Gasteiger partial charge in [-0.2, -0.15) is 0 Å². The summed E-state index contributed by atoms with van der Waals surface area (Å²) in [5.41, 5.74) is 0.487. The third-order valence-corrected chi connectivity index (χ3v) is 3.07. The van der Waals surface area contributed by atoms with Gasteiger partial charge in [-0.1, -0.05) is 29.8 Å². The van der Waals surface area contributed by atoms with Crippen LogP contribution in [0.4, 0.5) is 0 Å². The highest BCUT2D eigenvalue weighted by atomic mass is 35.5. The number of aromatic nitrogens is 2. The normalized spacial score (nSPS) is 10.7. The molecule has 0 radical (unpaired) electrons. The SMILES string of the molecule is O=c1[nH]c(COc2cccc(Cl)c2)nc2ccccc12. The Hall–Kier alpha value is -2.33. The minimum Gasteiger partial charge on any atom is -0.486 e. The third kappa shape index (κ3) is 2.65.